The molecule has 0 saturated carbocycles. The third-order valence-corrected chi connectivity index (χ3v) is 5.03. The lowest BCUT2D eigenvalue weighted by Crippen LogP contribution is -2.18. The highest BCUT2D eigenvalue weighted by Gasteiger charge is 2.21. The summed E-state index contributed by atoms with van der Waals surface area (Å²) in [6.07, 6.45) is 3.39. The number of carbonyl (C=O) groups is 2. The summed E-state index contributed by atoms with van der Waals surface area (Å²) in [4.78, 5) is 45.5. The Morgan fingerprint density at radius 3 is 2.33 bits per heavy atom. The largest absolute Gasteiger partial charge is 0.415 e. The predicted octanol–water partition coefficient (Wildman–Crippen LogP) is 5.19. The van der Waals surface area contributed by atoms with Crippen LogP contribution < -0.4 is 10.2 Å². The Kier molecular flexibility index (Phi) is 8.44. The molecule has 0 unspecified atom stereocenters. The van der Waals surface area contributed by atoms with E-state index < -0.39 is 33.2 Å². The number of ether oxygens (including phenoxy) is 1. The van der Waals surface area contributed by atoms with Crippen LogP contribution in [0, 0.1) is 20.2 Å². The summed E-state index contributed by atoms with van der Waals surface area (Å²) in [5.41, 5.74) is 2.19. The average Bonchev–Trinajstić information content (AvgIpc) is 2.83. The molecule has 3 aromatic rings. The van der Waals surface area contributed by atoms with E-state index in [9.17, 15) is 29.8 Å². The maximum absolute atomic E-state index is 12.3. The molecule has 13 heteroatoms. The molecule has 0 radical (unpaired) electrons. The smallest absolute Gasteiger partial charge is 0.336 e. The van der Waals surface area contributed by atoms with E-state index in [4.69, 9.17) is 27.9 Å². The monoisotopic (exact) mass is 528 g/mol. The molecule has 0 aliphatic rings. The second-order valence-corrected chi connectivity index (χ2v) is 7.72. The van der Waals surface area contributed by atoms with Crippen molar-refractivity contribution in [2.75, 3.05) is 0 Å². The minimum atomic E-state index is -0.950. The lowest BCUT2D eigenvalue weighted by Gasteiger charge is -2.07. The van der Waals surface area contributed by atoms with Crippen molar-refractivity contribution in [1.82, 2.24) is 5.43 Å². The van der Waals surface area contributed by atoms with Crippen LogP contribution >= 0.6 is 23.2 Å². The van der Waals surface area contributed by atoms with Crippen LogP contribution in [0.3, 0.4) is 0 Å². The van der Waals surface area contributed by atoms with Gasteiger partial charge >= 0.3 is 11.7 Å². The van der Waals surface area contributed by atoms with Crippen molar-refractivity contribution < 1.29 is 24.2 Å². The molecule has 0 saturated heterocycles. The van der Waals surface area contributed by atoms with Gasteiger partial charge in [-0.05, 0) is 48.0 Å². The third kappa shape index (κ3) is 6.72. The van der Waals surface area contributed by atoms with Gasteiger partial charge in [-0.2, -0.15) is 5.10 Å². The third-order valence-electron chi connectivity index (χ3n) is 4.49. The van der Waals surface area contributed by atoms with Gasteiger partial charge in [-0.25, -0.2) is 10.2 Å². The van der Waals surface area contributed by atoms with Crippen molar-refractivity contribution >= 4 is 58.7 Å². The fraction of sp³-hybridized carbons (Fsp3) is 0. The number of halogens is 2. The Morgan fingerprint density at radius 1 is 0.972 bits per heavy atom. The highest BCUT2D eigenvalue weighted by Crippen LogP contribution is 2.30. The van der Waals surface area contributed by atoms with Crippen LogP contribution in [0.15, 0.2) is 71.8 Å². The fourth-order valence-corrected chi connectivity index (χ4v) is 3.29. The number of non-ortho nitro benzene ring substituents is 1. The molecule has 1 N–H and O–H groups in total. The van der Waals surface area contributed by atoms with E-state index in [0.29, 0.717) is 10.6 Å². The number of nitro benzene ring substituents is 2. The predicted molar refractivity (Wildman–Crippen MR) is 132 cm³/mol. The van der Waals surface area contributed by atoms with Crippen molar-refractivity contribution in [2.24, 2.45) is 5.10 Å². The van der Waals surface area contributed by atoms with E-state index >= 15 is 0 Å². The maximum Gasteiger partial charge on any atom is 0.336 e. The summed E-state index contributed by atoms with van der Waals surface area (Å²) in [6.45, 7) is 0. The first-order valence-electron chi connectivity index (χ1n) is 9.86. The number of benzene rings is 3. The number of para-hydroxylation sites is 1. The van der Waals surface area contributed by atoms with Gasteiger partial charge in [0.2, 0.25) is 5.75 Å². The van der Waals surface area contributed by atoms with Crippen LogP contribution in [-0.2, 0) is 4.79 Å². The minimum Gasteiger partial charge on any atom is -0.415 e. The number of nitrogens with zero attached hydrogens (tertiary/aromatic N) is 3. The Balaban J connectivity index is 1.78. The van der Waals surface area contributed by atoms with Gasteiger partial charge < -0.3 is 4.74 Å². The molecule has 0 heterocycles. The van der Waals surface area contributed by atoms with Gasteiger partial charge in [0, 0.05) is 34.9 Å². The van der Waals surface area contributed by atoms with Crippen LogP contribution in [-0.4, -0.2) is 27.9 Å². The van der Waals surface area contributed by atoms with E-state index in [1.54, 1.807) is 0 Å². The van der Waals surface area contributed by atoms with Gasteiger partial charge in [-0.3, -0.25) is 25.0 Å². The number of hydrazone groups is 1. The van der Waals surface area contributed by atoms with Crippen molar-refractivity contribution in [3.63, 3.8) is 0 Å². The highest BCUT2D eigenvalue weighted by molar-refractivity contribution is 6.36. The summed E-state index contributed by atoms with van der Waals surface area (Å²) < 4.78 is 5.18. The number of esters is 1. The molecule has 182 valence electrons. The molecule has 36 heavy (non-hydrogen) atoms. The van der Waals surface area contributed by atoms with Crippen LogP contribution in [0.1, 0.15) is 21.5 Å². The van der Waals surface area contributed by atoms with Crippen molar-refractivity contribution in [1.29, 1.82) is 0 Å². The number of nitro groups is 2. The summed E-state index contributed by atoms with van der Waals surface area (Å²) in [5, 5.41) is 26.4. The first-order valence-corrected chi connectivity index (χ1v) is 10.6. The molecule has 11 nitrogen and oxygen atoms in total. The number of rotatable bonds is 8. The summed E-state index contributed by atoms with van der Waals surface area (Å²) in [5.74, 6) is -2.01. The van der Waals surface area contributed by atoms with E-state index in [2.05, 4.69) is 10.5 Å². The Hall–Kier alpha value is -4.61. The topological polar surface area (TPSA) is 154 Å². The van der Waals surface area contributed by atoms with E-state index in [0.717, 1.165) is 18.4 Å². The second-order valence-electron chi connectivity index (χ2n) is 6.88. The number of amides is 1. The molecular formula is C23H14Cl2N4O7. The fourth-order valence-electron chi connectivity index (χ4n) is 2.80. The summed E-state index contributed by atoms with van der Waals surface area (Å²) >= 11 is 11.8. The van der Waals surface area contributed by atoms with Gasteiger partial charge in [-0.1, -0.05) is 29.3 Å². The second kappa shape index (κ2) is 11.7. The number of nitrogens with one attached hydrogen (secondary N) is 1. The summed E-state index contributed by atoms with van der Waals surface area (Å²) in [6, 6.07) is 13.5. The average molecular weight is 529 g/mol. The van der Waals surface area contributed by atoms with Crippen molar-refractivity contribution in [2.45, 2.75) is 0 Å². The standard InChI is InChI=1S/C23H14Cl2N4O7/c24-16-7-10-18(19(25)12-16)23(31)27-26-13-15-2-1-3-20(29(34)35)22(15)36-21(30)11-6-14-4-8-17(9-5-14)28(32)33/h1-13H,(H,27,31)/b11-6+,26-13+. The van der Waals surface area contributed by atoms with Gasteiger partial charge in [0.25, 0.3) is 11.6 Å². The first kappa shape index (κ1) is 26.0. The lowest BCUT2D eigenvalue weighted by molar-refractivity contribution is -0.385. The zero-order valence-electron chi connectivity index (χ0n) is 18.0. The zero-order valence-corrected chi connectivity index (χ0v) is 19.5. The van der Waals surface area contributed by atoms with Crippen LogP contribution in [0.25, 0.3) is 6.08 Å². The van der Waals surface area contributed by atoms with Crippen LogP contribution in [0.2, 0.25) is 10.0 Å². The zero-order chi connectivity index (χ0) is 26.2. The van der Waals surface area contributed by atoms with Gasteiger partial charge in [0.1, 0.15) is 0 Å². The molecular weight excluding hydrogens is 515 g/mol. The van der Waals surface area contributed by atoms with Gasteiger partial charge in [0.15, 0.2) is 0 Å². The quantitative estimate of drug-likeness (QED) is 0.105. The normalized spacial score (nSPS) is 10.9. The molecule has 1 amide bonds. The molecule has 0 aromatic heterocycles. The Bertz CT molecular complexity index is 1410. The summed E-state index contributed by atoms with van der Waals surface area (Å²) in [7, 11) is 0. The molecule has 3 aromatic carbocycles. The molecule has 0 atom stereocenters. The maximum atomic E-state index is 12.3. The van der Waals surface area contributed by atoms with Crippen LogP contribution in [0.4, 0.5) is 11.4 Å². The van der Waals surface area contributed by atoms with E-state index in [-0.39, 0.29) is 21.8 Å². The Morgan fingerprint density at radius 2 is 1.69 bits per heavy atom. The van der Waals surface area contributed by atoms with Crippen molar-refractivity contribution in [3.05, 3.63) is 114 Å². The van der Waals surface area contributed by atoms with E-state index in [1.807, 2.05) is 0 Å². The SMILES string of the molecule is O=C(/C=C/c1ccc([N+](=O)[O-])cc1)Oc1c(/C=N/NC(=O)c2ccc(Cl)cc2Cl)cccc1[N+](=O)[O-]. The molecule has 0 spiro atoms. The number of hydrogen-bond acceptors (Lipinski definition) is 8. The molecule has 0 bridgehead atoms. The van der Waals surface area contributed by atoms with Gasteiger partial charge in [0.05, 0.1) is 26.6 Å². The van der Waals surface area contributed by atoms with Crippen LogP contribution in [0.5, 0.6) is 5.75 Å². The highest BCUT2D eigenvalue weighted by atomic mass is 35.5. The first-order chi connectivity index (χ1) is 17.2. The number of carbonyl (C=O) groups excluding carboxylic acids is 2. The minimum absolute atomic E-state index is 0.0313. The molecule has 0 fully saturated rings. The molecule has 0 aliphatic carbocycles. The van der Waals surface area contributed by atoms with Gasteiger partial charge in [-0.15, -0.1) is 0 Å². The van der Waals surface area contributed by atoms with Crippen molar-refractivity contribution in [3.8, 4) is 5.75 Å². The molecule has 0 aliphatic heterocycles. The Labute approximate surface area is 212 Å². The molecule has 3 rings (SSSR count). The lowest BCUT2D eigenvalue weighted by atomic mass is 10.2. The number of hydrogen-bond donors (Lipinski definition) is 1. The van der Waals surface area contributed by atoms with E-state index in [1.165, 1.54) is 60.7 Å².